The van der Waals surface area contributed by atoms with Gasteiger partial charge in [-0.1, -0.05) is 18.2 Å². The van der Waals surface area contributed by atoms with Crippen molar-refractivity contribution in [1.82, 2.24) is 5.32 Å². The van der Waals surface area contributed by atoms with E-state index in [0.717, 1.165) is 22.3 Å². The van der Waals surface area contributed by atoms with Gasteiger partial charge in [-0.15, -0.1) is 0 Å². The van der Waals surface area contributed by atoms with Crippen molar-refractivity contribution in [3.05, 3.63) is 34.3 Å². The number of hydrogen-bond acceptors (Lipinski definition) is 2. The smallest absolute Gasteiger partial charge is 0.133 e. The second-order valence-electron chi connectivity index (χ2n) is 4.93. The minimum absolute atomic E-state index is 0.158. The van der Waals surface area contributed by atoms with E-state index in [9.17, 15) is 0 Å². The summed E-state index contributed by atoms with van der Waals surface area (Å²) in [5.41, 5.74) is 1.32. The third-order valence-corrected chi connectivity index (χ3v) is 2.86. The van der Waals surface area contributed by atoms with Crippen LogP contribution in [0.2, 0.25) is 0 Å². The summed E-state index contributed by atoms with van der Waals surface area (Å²) >= 11 is 3.47. The van der Waals surface area contributed by atoms with E-state index >= 15 is 0 Å². The molecule has 1 rings (SSSR count). The van der Waals surface area contributed by atoms with Crippen molar-refractivity contribution in [3.8, 4) is 5.75 Å². The molecule has 0 amide bonds. The van der Waals surface area contributed by atoms with Gasteiger partial charge >= 0.3 is 0 Å². The molecule has 0 unspecified atom stereocenters. The summed E-state index contributed by atoms with van der Waals surface area (Å²) in [6.45, 7) is 7.34. The van der Waals surface area contributed by atoms with Gasteiger partial charge in [0.15, 0.2) is 0 Å². The quantitative estimate of drug-likeness (QED) is 0.911. The van der Waals surface area contributed by atoms with Crippen LogP contribution in [-0.4, -0.2) is 19.2 Å². The van der Waals surface area contributed by atoms with Crippen LogP contribution in [0.25, 0.3) is 6.08 Å². The summed E-state index contributed by atoms with van der Waals surface area (Å²) in [6, 6.07) is 6.05. The summed E-state index contributed by atoms with van der Waals surface area (Å²) in [6.07, 6.45) is 4.22. The lowest BCUT2D eigenvalue weighted by atomic mass is 10.1. The average Bonchev–Trinajstić information content (AvgIpc) is 2.23. The molecule has 0 spiro atoms. The Morgan fingerprint density at radius 2 is 2.06 bits per heavy atom. The van der Waals surface area contributed by atoms with Gasteiger partial charge in [-0.3, -0.25) is 0 Å². The molecule has 2 nitrogen and oxygen atoms in total. The fraction of sp³-hybridized carbons (Fsp3) is 0.429. The lowest BCUT2D eigenvalue weighted by molar-refractivity contribution is 0.412. The van der Waals surface area contributed by atoms with Gasteiger partial charge in [0.1, 0.15) is 5.75 Å². The zero-order chi connectivity index (χ0) is 12.9. The SMILES string of the molecule is COc1ccc(C=CCNC(C)(C)C)cc1Br. The lowest BCUT2D eigenvalue weighted by Crippen LogP contribution is -2.35. The second-order valence-corrected chi connectivity index (χ2v) is 5.78. The molecule has 0 radical (unpaired) electrons. The molecule has 1 aromatic carbocycles. The van der Waals surface area contributed by atoms with Gasteiger partial charge in [0.05, 0.1) is 11.6 Å². The molecule has 0 fully saturated rings. The van der Waals surface area contributed by atoms with Gasteiger partial charge in [-0.2, -0.15) is 0 Å². The Balaban J connectivity index is 2.57. The molecule has 94 valence electrons. The summed E-state index contributed by atoms with van der Waals surface area (Å²) < 4.78 is 6.16. The predicted octanol–water partition coefficient (Wildman–Crippen LogP) is 3.86. The van der Waals surface area contributed by atoms with E-state index in [1.54, 1.807) is 7.11 Å². The molecule has 0 aliphatic rings. The predicted molar refractivity (Wildman–Crippen MR) is 77.5 cm³/mol. The fourth-order valence-electron chi connectivity index (χ4n) is 1.35. The van der Waals surface area contributed by atoms with E-state index in [4.69, 9.17) is 4.74 Å². The number of nitrogens with one attached hydrogen (secondary N) is 1. The molecule has 0 aliphatic carbocycles. The maximum absolute atomic E-state index is 5.19. The van der Waals surface area contributed by atoms with E-state index in [1.165, 1.54) is 0 Å². The molecular formula is C14H20BrNO. The van der Waals surface area contributed by atoms with Crippen LogP contribution in [0.15, 0.2) is 28.7 Å². The van der Waals surface area contributed by atoms with Crippen molar-refractivity contribution >= 4 is 22.0 Å². The van der Waals surface area contributed by atoms with Crippen LogP contribution in [0.1, 0.15) is 26.3 Å². The van der Waals surface area contributed by atoms with Gasteiger partial charge < -0.3 is 10.1 Å². The molecule has 0 saturated carbocycles. The Bertz CT molecular complexity index is 394. The number of hydrogen-bond donors (Lipinski definition) is 1. The van der Waals surface area contributed by atoms with Crippen LogP contribution < -0.4 is 10.1 Å². The molecule has 0 saturated heterocycles. The highest BCUT2D eigenvalue weighted by Crippen LogP contribution is 2.25. The molecule has 1 aromatic rings. The molecule has 1 N–H and O–H groups in total. The van der Waals surface area contributed by atoms with E-state index < -0.39 is 0 Å². The maximum atomic E-state index is 5.19. The van der Waals surface area contributed by atoms with Crippen LogP contribution in [0.3, 0.4) is 0 Å². The van der Waals surface area contributed by atoms with Gasteiger partial charge in [0, 0.05) is 12.1 Å². The van der Waals surface area contributed by atoms with Crippen molar-refractivity contribution in [3.63, 3.8) is 0 Å². The molecule has 0 aliphatic heterocycles. The Labute approximate surface area is 112 Å². The minimum Gasteiger partial charge on any atom is -0.496 e. The van der Waals surface area contributed by atoms with Crippen molar-refractivity contribution in [2.45, 2.75) is 26.3 Å². The number of rotatable bonds is 4. The third kappa shape index (κ3) is 5.37. The van der Waals surface area contributed by atoms with Crippen molar-refractivity contribution in [2.75, 3.05) is 13.7 Å². The Hall–Kier alpha value is -0.800. The standard InChI is InChI=1S/C14H20BrNO/c1-14(2,3)16-9-5-6-11-7-8-13(17-4)12(15)10-11/h5-8,10,16H,9H2,1-4H3. The third-order valence-electron chi connectivity index (χ3n) is 2.24. The van der Waals surface area contributed by atoms with Crippen LogP contribution in [0.4, 0.5) is 0 Å². The first-order chi connectivity index (χ1) is 7.92. The van der Waals surface area contributed by atoms with Gasteiger partial charge in [-0.25, -0.2) is 0 Å². The Morgan fingerprint density at radius 3 is 2.59 bits per heavy atom. The van der Waals surface area contributed by atoms with Crippen molar-refractivity contribution < 1.29 is 4.74 Å². The summed E-state index contributed by atoms with van der Waals surface area (Å²) in [5.74, 6) is 0.856. The van der Waals surface area contributed by atoms with Crippen LogP contribution in [0, 0.1) is 0 Å². The van der Waals surface area contributed by atoms with Crippen molar-refractivity contribution in [1.29, 1.82) is 0 Å². The topological polar surface area (TPSA) is 21.3 Å². The van der Waals surface area contributed by atoms with Gasteiger partial charge in [-0.05, 0) is 54.4 Å². The lowest BCUT2D eigenvalue weighted by Gasteiger charge is -2.18. The van der Waals surface area contributed by atoms with E-state index in [1.807, 2.05) is 18.2 Å². The monoisotopic (exact) mass is 297 g/mol. The molecular weight excluding hydrogens is 278 g/mol. The number of halogens is 1. The highest BCUT2D eigenvalue weighted by Gasteiger charge is 2.05. The first kappa shape index (κ1) is 14.3. The first-order valence-corrected chi connectivity index (χ1v) is 6.47. The number of benzene rings is 1. The minimum atomic E-state index is 0.158. The summed E-state index contributed by atoms with van der Waals surface area (Å²) in [4.78, 5) is 0. The zero-order valence-corrected chi connectivity index (χ0v) is 12.5. The molecule has 17 heavy (non-hydrogen) atoms. The molecule has 0 bridgehead atoms. The Kier molecular flexibility index (Phi) is 5.22. The zero-order valence-electron chi connectivity index (χ0n) is 10.9. The fourth-order valence-corrected chi connectivity index (χ4v) is 1.90. The molecule has 0 heterocycles. The van der Waals surface area contributed by atoms with Crippen LogP contribution in [-0.2, 0) is 0 Å². The average molecular weight is 298 g/mol. The second kappa shape index (κ2) is 6.22. The highest BCUT2D eigenvalue weighted by molar-refractivity contribution is 9.10. The van der Waals surface area contributed by atoms with Crippen LogP contribution in [0.5, 0.6) is 5.75 Å². The Morgan fingerprint density at radius 1 is 1.35 bits per heavy atom. The maximum Gasteiger partial charge on any atom is 0.133 e. The molecule has 0 aromatic heterocycles. The van der Waals surface area contributed by atoms with E-state index in [2.05, 4.69) is 54.2 Å². The molecule has 3 heteroatoms. The highest BCUT2D eigenvalue weighted by atomic mass is 79.9. The normalized spacial score (nSPS) is 12.1. The van der Waals surface area contributed by atoms with E-state index in [-0.39, 0.29) is 5.54 Å². The van der Waals surface area contributed by atoms with Crippen molar-refractivity contribution in [2.24, 2.45) is 0 Å². The summed E-state index contributed by atoms with van der Waals surface area (Å²) in [7, 11) is 1.67. The summed E-state index contributed by atoms with van der Waals surface area (Å²) in [5, 5.41) is 3.41. The number of ether oxygens (including phenoxy) is 1. The van der Waals surface area contributed by atoms with Gasteiger partial charge in [0.25, 0.3) is 0 Å². The van der Waals surface area contributed by atoms with Gasteiger partial charge in [0.2, 0.25) is 0 Å². The van der Waals surface area contributed by atoms with Crippen LogP contribution >= 0.6 is 15.9 Å². The largest absolute Gasteiger partial charge is 0.496 e. The number of methoxy groups -OCH3 is 1. The molecule has 0 atom stereocenters. The van der Waals surface area contributed by atoms with E-state index in [0.29, 0.717) is 0 Å². The first-order valence-electron chi connectivity index (χ1n) is 5.67.